The summed E-state index contributed by atoms with van der Waals surface area (Å²) in [6.07, 6.45) is 5.01. The molecule has 1 aromatic carbocycles. The molecular weight excluding hydrogens is 276 g/mol. The highest BCUT2D eigenvalue weighted by Crippen LogP contribution is 2.25. The smallest absolute Gasteiger partial charge is 0.251 e. The molecule has 0 aromatic heterocycles. The zero-order chi connectivity index (χ0) is 15.5. The van der Waals surface area contributed by atoms with Gasteiger partial charge in [-0.25, -0.2) is 0 Å². The number of piperidine rings is 1. The third-order valence-corrected chi connectivity index (χ3v) is 5.14. The van der Waals surface area contributed by atoms with E-state index >= 15 is 0 Å². The number of nitrogens with one attached hydrogen (secondary N) is 1. The first-order valence-corrected chi connectivity index (χ1v) is 8.47. The second kappa shape index (κ2) is 6.69. The van der Waals surface area contributed by atoms with Crippen LogP contribution in [0.5, 0.6) is 0 Å². The molecule has 3 rings (SSSR count). The van der Waals surface area contributed by atoms with Crippen LogP contribution in [0.4, 0.5) is 5.69 Å². The lowest BCUT2D eigenvalue weighted by atomic mass is 10.1. The monoisotopic (exact) mass is 302 g/mol. The highest BCUT2D eigenvalue weighted by atomic mass is 16.3. The van der Waals surface area contributed by atoms with Gasteiger partial charge in [0.05, 0.1) is 6.10 Å². The molecule has 0 bridgehead atoms. The number of aliphatic hydroxyl groups is 1. The summed E-state index contributed by atoms with van der Waals surface area (Å²) >= 11 is 0. The molecule has 2 atom stereocenters. The van der Waals surface area contributed by atoms with E-state index in [0.29, 0.717) is 12.0 Å². The normalized spacial score (nSPS) is 26.2. The van der Waals surface area contributed by atoms with E-state index in [0.717, 1.165) is 43.6 Å². The molecule has 1 aliphatic heterocycles. The van der Waals surface area contributed by atoms with Crippen molar-refractivity contribution >= 4 is 11.6 Å². The van der Waals surface area contributed by atoms with E-state index in [1.165, 1.54) is 12.8 Å². The maximum atomic E-state index is 12.3. The number of benzene rings is 1. The molecule has 2 N–H and O–H groups in total. The van der Waals surface area contributed by atoms with E-state index < -0.39 is 0 Å². The topological polar surface area (TPSA) is 52.6 Å². The first-order chi connectivity index (χ1) is 10.6. The van der Waals surface area contributed by atoms with Crippen LogP contribution in [0.15, 0.2) is 24.3 Å². The lowest BCUT2D eigenvalue weighted by Crippen LogP contribution is -2.37. The Labute approximate surface area is 132 Å². The van der Waals surface area contributed by atoms with Crippen molar-refractivity contribution in [3.05, 3.63) is 29.8 Å². The third-order valence-electron chi connectivity index (χ3n) is 5.14. The Kier molecular flexibility index (Phi) is 4.67. The number of hydrogen-bond donors (Lipinski definition) is 2. The van der Waals surface area contributed by atoms with Crippen molar-refractivity contribution in [1.82, 2.24) is 5.32 Å². The van der Waals surface area contributed by atoms with Crippen molar-refractivity contribution in [2.24, 2.45) is 5.92 Å². The van der Waals surface area contributed by atoms with Crippen LogP contribution in [-0.2, 0) is 0 Å². The van der Waals surface area contributed by atoms with Gasteiger partial charge in [-0.2, -0.15) is 0 Å². The molecule has 0 spiro atoms. The second-order valence-electron chi connectivity index (χ2n) is 6.75. The van der Waals surface area contributed by atoms with E-state index in [1.54, 1.807) is 0 Å². The highest BCUT2D eigenvalue weighted by Gasteiger charge is 2.25. The average Bonchev–Trinajstić information content (AvgIpc) is 2.93. The summed E-state index contributed by atoms with van der Waals surface area (Å²) in [4.78, 5) is 14.6. The van der Waals surface area contributed by atoms with Crippen LogP contribution in [0, 0.1) is 5.92 Å². The fourth-order valence-electron chi connectivity index (χ4n) is 3.56. The summed E-state index contributed by atoms with van der Waals surface area (Å²) in [5.41, 5.74) is 1.87. The van der Waals surface area contributed by atoms with Crippen molar-refractivity contribution in [2.75, 3.05) is 18.0 Å². The van der Waals surface area contributed by atoms with Crippen LogP contribution >= 0.6 is 0 Å². The highest BCUT2D eigenvalue weighted by molar-refractivity contribution is 5.94. The van der Waals surface area contributed by atoms with Crippen molar-refractivity contribution in [3.8, 4) is 0 Å². The molecule has 4 heteroatoms. The van der Waals surface area contributed by atoms with Gasteiger partial charge in [0, 0.05) is 30.4 Å². The number of carbonyl (C=O) groups is 1. The number of aliphatic hydroxyl groups excluding tert-OH is 1. The Morgan fingerprint density at radius 1 is 1.14 bits per heavy atom. The molecular formula is C18H26N2O2. The van der Waals surface area contributed by atoms with Gasteiger partial charge in [-0.1, -0.05) is 13.3 Å². The molecule has 4 nitrogen and oxygen atoms in total. The molecule has 1 aliphatic carbocycles. The predicted octanol–water partition coefficient (Wildman–Crippen LogP) is 2.57. The van der Waals surface area contributed by atoms with Crippen LogP contribution in [0.1, 0.15) is 49.4 Å². The minimum absolute atomic E-state index is 0.0411. The molecule has 120 valence electrons. The minimum atomic E-state index is -0.158. The van der Waals surface area contributed by atoms with Crippen molar-refractivity contribution in [1.29, 1.82) is 0 Å². The molecule has 1 saturated heterocycles. The Hall–Kier alpha value is -1.55. The lowest BCUT2D eigenvalue weighted by Gasteiger charge is -2.31. The van der Waals surface area contributed by atoms with Crippen LogP contribution in [-0.4, -0.2) is 36.2 Å². The number of rotatable bonds is 3. The fraction of sp³-hybridized carbons (Fsp3) is 0.611. The molecule has 2 fully saturated rings. The van der Waals surface area contributed by atoms with E-state index in [9.17, 15) is 9.90 Å². The molecule has 1 heterocycles. The molecule has 22 heavy (non-hydrogen) atoms. The van der Waals surface area contributed by atoms with Crippen molar-refractivity contribution in [2.45, 2.75) is 51.2 Å². The van der Waals surface area contributed by atoms with Crippen LogP contribution in [0.3, 0.4) is 0 Å². The van der Waals surface area contributed by atoms with E-state index in [-0.39, 0.29) is 12.0 Å². The molecule has 2 aliphatic rings. The number of carbonyl (C=O) groups excluding carboxylic acids is 1. The summed E-state index contributed by atoms with van der Waals surface area (Å²) in [7, 11) is 0. The van der Waals surface area contributed by atoms with Crippen LogP contribution < -0.4 is 10.2 Å². The minimum Gasteiger partial charge on any atom is -0.393 e. The maximum Gasteiger partial charge on any atom is 0.251 e. The Bertz CT molecular complexity index is 506. The zero-order valence-corrected chi connectivity index (χ0v) is 13.3. The average molecular weight is 302 g/mol. The van der Waals surface area contributed by atoms with Gasteiger partial charge < -0.3 is 15.3 Å². The summed E-state index contributed by atoms with van der Waals surface area (Å²) in [5, 5.41) is 12.7. The first kappa shape index (κ1) is 15.3. The van der Waals surface area contributed by atoms with Gasteiger partial charge in [-0.3, -0.25) is 4.79 Å². The predicted molar refractivity (Wildman–Crippen MR) is 88.2 cm³/mol. The van der Waals surface area contributed by atoms with Gasteiger partial charge in [0.25, 0.3) is 5.91 Å². The maximum absolute atomic E-state index is 12.3. The standard InChI is InChI=1S/C18H26N2O2/c1-13-3-2-4-17(13)19-18(22)14-5-7-15(8-6-14)20-11-9-16(21)10-12-20/h5-8,13,16-17,21H,2-4,9-12H2,1H3,(H,19,22). The zero-order valence-electron chi connectivity index (χ0n) is 13.3. The summed E-state index contributed by atoms with van der Waals surface area (Å²) < 4.78 is 0. The van der Waals surface area contributed by atoms with Gasteiger partial charge in [0.15, 0.2) is 0 Å². The number of hydrogen-bond acceptors (Lipinski definition) is 3. The second-order valence-corrected chi connectivity index (χ2v) is 6.75. The molecule has 0 radical (unpaired) electrons. The van der Waals surface area contributed by atoms with Gasteiger partial charge in [-0.05, 0) is 55.9 Å². The molecule has 1 aromatic rings. The van der Waals surface area contributed by atoms with Crippen molar-refractivity contribution < 1.29 is 9.90 Å². The van der Waals surface area contributed by atoms with Crippen LogP contribution in [0.2, 0.25) is 0 Å². The SMILES string of the molecule is CC1CCCC1NC(=O)c1ccc(N2CCC(O)CC2)cc1. The first-order valence-electron chi connectivity index (χ1n) is 8.47. The van der Waals surface area contributed by atoms with Crippen LogP contribution in [0.25, 0.3) is 0 Å². The van der Waals surface area contributed by atoms with E-state index in [4.69, 9.17) is 0 Å². The largest absolute Gasteiger partial charge is 0.393 e. The molecule has 2 unspecified atom stereocenters. The van der Waals surface area contributed by atoms with E-state index in [2.05, 4.69) is 17.1 Å². The number of amides is 1. The Balaban J connectivity index is 1.60. The number of nitrogens with zero attached hydrogens (tertiary/aromatic N) is 1. The molecule has 1 saturated carbocycles. The fourth-order valence-corrected chi connectivity index (χ4v) is 3.56. The summed E-state index contributed by atoms with van der Waals surface area (Å²) in [6, 6.07) is 8.19. The van der Waals surface area contributed by atoms with Gasteiger partial charge in [0.2, 0.25) is 0 Å². The van der Waals surface area contributed by atoms with Gasteiger partial charge >= 0.3 is 0 Å². The Morgan fingerprint density at radius 3 is 2.41 bits per heavy atom. The third kappa shape index (κ3) is 3.43. The quantitative estimate of drug-likeness (QED) is 0.902. The Morgan fingerprint density at radius 2 is 1.82 bits per heavy atom. The van der Waals surface area contributed by atoms with E-state index in [1.807, 2.05) is 24.3 Å². The molecule has 1 amide bonds. The van der Waals surface area contributed by atoms with Gasteiger partial charge in [0.1, 0.15) is 0 Å². The lowest BCUT2D eigenvalue weighted by molar-refractivity contribution is 0.0929. The van der Waals surface area contributed by atoms with Gasteiger partial charge in [-0.15, -0.1) is 0 Å². The summed E-state index contributed by atoms with van der Waals surface area (Å²) in [6.45, 7) is 3.98. The number of anilines is 1. The van der Waals surface area contributed by atoms with Crippen molar-refractivity contribution in [3.63, 3.8) is 0 Å². The summed E-state index contributed by atoms with van der Waals surface area (Å²) in [5.74, 6) is 0.627.